The highest BCUT2D eigenvalue weighted by Gasteiger charge is 2.30. The van der Waals surface area contributed by atoms with E-state index < -0.39 is 0 Å². The molecule has 1 amide bonds. The standard InChI is InChI=1S/C23H28FN3O2/c24-20-4-1-3-19(17-20)18-6-8-21(9-7-18)25-23(28)22-5-2-10-27(22)12-11-26-13-15-29-16-14-26/h1,3-4,6-9,17,22H,2,5,10-16H2,(H,25,28)/t22-/m0/s1. The van der Waals surface area contributed by atoms with Crippen LogP contribution in [0.15, 0.2) is 48.5 Å². The molecule has 0 bridgehead atoms. The van der Waals surface area contributed by atoms with Crippen molar-refractivity contribution in [3.63, 3.8) is 0 Å². The second kappa shape index (κ2) is 9.48. The molecule has 2 aliphatic heterocycles. The third-order valence-corrected chi connectivity index (χ3v) is 5.78. The van der Waals surface area contributed by atoms with Crippen LogP contribution in [0.3, 0.4) is 0 Å². The van der Waals surface area contributed by atoms with Crippen molar-refractivity contribution in [2.24, 2.45) is 0 Å². The van der Waals surface area contributed by atoms with Gasteiger partial charge in [-0.2, -0.15) is 0 Å². The van der Waals surface area contributed by atoms with Gasteiger partial charge in [0, 0.05) is 31.9 Å². The zero-order valence-electron chi connectivity index (χ0n) is 16.6. The van der Waals surface area contributed by atoms with Crippen molar-refractivity contribution in [3.8, 4) is 11.1 Å². The van der Waals surface area contributed by atoms with Gasteiger partial charge in [0.1, 0.15) is 5.82 Å². The quantitative estimate of drug-likeness (QED) is 0.813. The number of hydrogen-bond donors (Lipinski definition) is 1. The van der Waals surface area contributed by atoms with Crippen LogP contribution in [-0.2, 0) is 9.53 Å². The summed E-state index contributed by atoms with van der Waals surface area (Å²) in [6.07, 6.45) is 1.95. The molecule has 6 heteroatoms. The zero-order valence-corrected chi connectivity index (χ0v) is 16.6. The number of benzene rings is 2. The maximum Gasteiger partial charge on any atom is 0.241 e. The van der Waals surface area contributed by atoms with Gasteiger partial charge in [-0.05, 0) is 54.8 Å². The van der Waals surface area contributed by atoms with Crippen LogP contribution in [0.25, 0.3) is 11.1 Å². The fourth-order valence-electron chi connectivity index (χ4n) is 4.12. The first-order valence-corrected chi connectivity index (χ1v) is 10.4. The maximum absolute atomic E-state index is 13.4. The van der Waals surface area contributed by atoms with Crippen LogP contribution < -0.4 is 5.32 Å². The molecule has 1 atom stereocenters. The van der Waals surface area contributed by atoms with Gasteiger partial charge in [-0.25, -0.2) is 4.39 Å². The van der Waals surface area contributed by atoms with Crippen molar-refractivity contribution >= 4 is 11.6 Å². The number of nitrogens with zero attached hydrogens (tertiary/aromatic N) is 2. The third-order valence-electron chi connectivity index (χ3n) is 5.78. The Balaban J connectivity index is 1.33. The van der Waals surface area contributed by atoms with Gasteiger partial charge in [-0.1, -0.05) is 24.3 Å². The van der Waals surface area contributed by atoms with E-state index in [0.717, 1.165) is 75.6 Å². The van der Waals surface area contributed by atoms with Crippen molar-refractivity contribution in [2.75, 3.05) is 51.3 Å². The number of likely N-dealkylation sites (tertiary alicyclic amines) is 1. The lowest BCUT2D eigenvalue weighted by Gasteiger charge is -2.30. The van der Waals surface area contributed by atoms with Gasteiger partial charge in [0.15, 0.2) is 0 Å². The molecule has 5 nitrogen and oxygen atoms in total. The summed E-state index contributed by atoms with van der Waals surface area (Å²) in [5, 5.41) is 3.05. The molecule has 2 aromatic carbocycles. The van der Waals surface area contributed by atoms with E-state index in [4.69, 9.17) is 4.74 Å². The summed E-state index contributed by atoms with van der Waals surface area (Å²) in [6, 6.07) is 14.0. The van der Waals surface area contributed by atoms with Gasteiger partial charge < -0.3 is 10.1 Å². The number of carbonyl (C=O) groups excluding carboxylic acids is 1. The molecule has 1 N–H and O–H groups in total. The summed E-state index contributed by atoms with van der Waals surface area (Å²) in [7, 11) is 0. The second-order valence-corrected chi connectivity index (χ2v) is 7.72. The van der Waals surface area contributed by atoms with Crippen molar-refractivity contribution < 1.29 is 13.9 Å². The molecule has 29 heavy (non-hydrogen) atoms. The Bertz CT molecular complexity index is 821. The number of carbonyl (C=O) groups is 1. The summed E-state index contributed by atoms with van der Waals surface area (Å²) in [5.41, 5.74) is 2.53. The van der Waals surface area contributed by atoms with Crippen molar-refractivity contribution in [1.29, 1.82) is 0 Å². The SMILES string of the molecule is O=C(Nc1ccc(-c2cccc(F)c2)cc1)[C@@H]1CCCN1CCN1CCOCC1. The summed E-state index contributed by atoms with van der Waals surface area (Å²) in [6.45, 7) is 6.42. The second-order valence-electron chi connectivity index (χ2n) is 7.72. The Morgan fingerprint density at radius 3 is 2.59 bits per heavy atom. The summed E-state index contributed by atoms with van der Waals surface area (Å²) < 4.78 is 18.8. The first-order valence-electron chi connectivity index (χ1n) is 10.4. The molecule has 2 fully saturated rings. The summed E-state index contributed by atoms with van der Waals surface area (Å²) in [4.78, 5) is 17.5. The largest absolute Gasteiger partial charge is 0.379 e. The van der Waals surface area contributed by atoms with Gasteiger partial charge in [-0.15, -0.1) is 0 Å². The monoisotopic (exact) mass is 397 g/mol. The number of amides is 1. The average molecular weight is 397 g/mol. The molecule has 2 heterocycles. The fourth-order valence-corrected chi connectivity index (χ4v) is 4.12. The lowest BCUT2D eigenvalue weighted by atomic mass is 10.1. The molecular formula is C23H28FN3O2. The van der Waals surface area contributed by atoms with E-state index in [1.807, 2.05) is 30.3 Å². The molecule has 2 aliphatic rings. The maximum atomic E-state index is 13.4. The van der Waals surface area contributed by atoms with E-state index in [0.29, 0.717) is 0 Å². The van der Waals surface area contributed by atoms with Crippen molar-refractivity contribution in [2.45, 2.75) is 18.9 Å². The van der Waals surface area contributed by atoms with Crippen LogP contribution in [0.1, 0.15) is 12.8 Å². The van der Waals surface area contributed by atoms with Gasteiger partial charge in [-0.3, -0.25) is 14.6 Å². The Hall–Kier alpha value is -2.28. The number of ether oxygens (including phenoxy) is 1. The molecule has 2 aromatic rings. The number of morpholine rings is 1. The number of nitrogens with one attached hydrogen (secondary N) is 1. The van der Waals surface area contributed by atoms with E-state index in [2.05, 4.69) is 15.1 Å². The lowest BCUT2D eigenvalue weighted by molar-refractivity contribution is -0.120. The molecule has 2 saturated heterocycles. The normalized spacial score (nSPS) is 20.7. The lowest BCUT2D eigenvalue weighted by Crippen LogP contribution is -2.45. The van der Waals surface area contributed by atoms with E-state index in [9.17, 15) is 9.18 Å². The number of rotatable bonds is 6. The fraction of sp³-hybridized carbons (Fsp3) is 0.435. The Morgan fingerprint density at radius 1 is 1.03 bits per heavy atom. The Kier molecular flexibility index (Phi) is 6.54. The molecule has 0 radical (unpaired) electrons. The number of hydrogen-bond acceptors (Lipinski definition) is 4. The van der Waals surface area contributed by atoms with Gasteiger partial charge in [0.25, 0.3) is 0 Å². The topological polar surface area (TPSA) is 44.8 Å². The minimum absolute atomic E-state index is 0.0583. The highest BCUT2D eigenvalue weighted by molar-refractivity contribution is 5.95. The van der Waals surface area contributed by atoms with Crippen LogP contribution >= 0.6 is 0 Å². The molecule has 154 valence electrons. The van der Waals surface area contributed by atoms with Crippen molar-refractivity contribution in [3.05, 3.63) is 54.3 Å². The molecule has 0 aromatic heterocycles. The minimum Gasteiger partial charge on any atom is -0.379 e. The first-order chi connectivity index (χ1) is 14.2. The van der Waals surface area contributed by atoms with Crippen LogP contribution in [-0.4, -0.2) is 67.7 Å². The smallest absolute Gasteiger partial charge is 0.241 e. The Morgan fingerprint density at radius 2 is 1.83 bits per heavy atom. The molecule has 0 aliphatic carbocycles. The van der Waals surface area contributed by atoms with Crippen molar-refractivity contribution in [1.82, 2.24) is 9.80 Å². The van der Waals surface area contributed by atoms with E-state index in [-0.39, 0.29) is 17.8 Å². The third kappa shape index (κ3) is 5.21. The molecule has 0 spiro atoms. The minimum atomic E-state index is -0.252. The van der Waals surface area contributed by atoms with E-state index in [1.165, 1.54) is 12.1 Å². The molecule has 0 saturated carbocycles. The van der Waals surface area contributed by atoms with Crippen LogP contribution in [0, 0.1) is 5.82 Å². The van der Waals surface area contributed by atoms with Crippen LogP contribution in [0.4, 0.5) is 10.1 Å². The number of anilines is 1. The van der Waals surface area contributed by atoms with E-state index in [1.54, 1.807) is 6.07 Å². The predicted octanol–water partition coefficient (Wildman–Crippen LogP) is 3.23. The van der Waals surface area contributed by atoms with Gasteiger partial charge in [0.05, 0.1) is 19.3 Å². The summed E-state index contributed by atoms with van der Waals surface area (Å²) in [5.74, 6) is -0.193. The summed E-state index contributed by atoms with van der Waals surface area (Å²) >= 11 is 0. The van der Waals surface area contributed by atoms with Crippen LogP contribution in [0.5, 0.6) is 0 Å². The highest BCUT2D eigenvalue weighted by Crippen LogP contribution is 2.23. The highest BCUT2D eigenvalue weighted by atomic mass is 19.1. The first kappa shape index (κ1) is 20.0. The van der Waals surface area contributed by atoms with Gasteiger partial charge in [0.2, 0.25) is 5.91 Å². The molecule has 4 rings (SSSR count). The zero-order chi connectivity index (χ0) is 20.1. The van der Waals surface area contributed by atoms with E-state index >= 15 is 0 Å². The van der Waals surface area contributed by atoms with Crippen LogP contribution in [0.2, 0.25) is 0 Å². The predicted molar refractivity (Wildman–Crippen MR) is 112 cm³/mol. The molecular weight excluding hydrogens is 369 g/mol. The van der Waals surface area contributed by atoms with Gasteiger partial charge >= 0.3 is 0 Å². The average Bonchev–Trinajstić information content (AvgIpc) is 3.22. The molecule has 0 unspecified atom stereocenters. The Labute approximate surface area is 171 Å². The number of halogens is 1.